The number of thiocarbonyl (C=S) groups is 1. The number of carbonyl (C=O) groups excluding carboxylic acids is 1. The number of benzene rings is 3. The van der Waals surface area contributed by atoms with Gasteiger partial charge in [0, 0.05) is 36.0 Å². The Bertz CT molecular complexity index is 1570. The second-order valence-corrected chi connectivity index (χ2v) is 9.43. The fraction of sp³-hybridized carbons (Fsp3) is 0.192. The number of ether oxygens (including phenoxy) is 1. The third-order valence-corrected chi connectivity index (χ3v) is 6.65. The molecule has 0 radical (unpaired) electrons. The standard InChI is InChI=1S/C26H22ClN5O5S/c1-36-22-8-5-16(12-18(22)27)25-29-19-14-17(6-9-23(19)37-25)28-26(38)30-24(33)15-4-7-20(21(13-15)32(34)35)31-10-2-3-11-31/h4-9,12-14H,2-3,10-11H2,1H3,(H2,28,30,33,38). The van der Waals surface area contributed by atoms with Gasteiger partial charge in [-0.05, 0) is 73.6 Å². The molecule has 12 heteroatoms. The Labute approximate surface area is 227 Å². The maximum atomic E-state index is 12.8. The zero-order valence-corrected chi connectivity index (χ0v) is 21.8. The van der Waals surface area contributed by atoms with Crippen molar-refractivity contribution in [3.05, 3.63) is 75.3 Å². The Morgan fingerprint density at radius 1 is 1.16 bits per heavy atom. The highest BCUT2D eigenvalue weighted by atomic mass is 35.5. The number of fused-ring (bicyclic) bond motifs is 1. The van der Waals surface area contributed by atoms with Crippen LogP contribution < -0.4 is 20.3 Å². The van der Waals surface area contributed by atoms with Crippen LogP contribution in [0.3, 0.4) is 0 Å². The van der Waals surface area contributed by atoms with E-state index in [1.807, 2.05) is 4.90 Å². The van der Waals surface area contributed by atoms with Crippen LogP contribution in [0.2, 0.25) is 5.02 Å². The zero-order valence-electron chi connectivity index (χ0n) is 20.2. The van der Waals surface area contributed by atoms with E-state index < -0.39 is 10.8 Å². The van der Waals surface area contributed by atoms with Gasteiger partial charge in [0.25, 0.3) is 11.6 Å². The quantitative estimate of drug-likeness (QED) is 0.174. The third kappa shape index (κ3) is 5.24. The van der Waals surface area contributed by atoms with E-state index in [1.165, 1.54) is 13.2 Å². The van der Waals surface area contributed by atoms with Gasteiger partial charge < -0.3 is 19.4 Å². The Morgan fingerprint density at radius 3 is 2.66 bits per heavy atom. The fourth-order valence-corrected chi connectivity index (χ4v) is 4.77. The molecule has 2 heterocycles. The average Bonchev–Trinajstić information content (AvgIpc) is 3.58. The normalized spacial score (nSPS) is 12.9. The maximum Gasteiger partial charge on any atom is 0.293 e. The summed E-state index contributed by atoms with van der Waals surface area (Å²) in [6, 6.07) is 14.9. The second kappa shape index (κ2) is 10.6. The number of rotatable bonds is 6. The lowest BCUT2D eigenvalue weighted by atomic mass is 10.1. The predicted octanol–water partition coefficient (Wildman–Crippen LogP) is 5.79. The van der Waals surface area contributed by atoms with Crippen molar-refractivity contribution in [2.45, 2.75) is 12.8 Å². The van der Waals surface area contributed by atoms with Gasteiger partial charge in [-0.1, -0.05) is 11.6 Å². The first-order chi connectivity index (χ1) is 18.3. The summed E-state index contributed by atoms with van der Waals surface area (Å²) in [5.41, 5.74) is 2.93. The smallest absolute Gasteiger partial charge is 0.293 e. The van der Waals surface area contributed by atoms with Crippen molar-refractivity contribution < 1.29 is 18.9 Å². The SMILES string of the molecule is COc1ccc(-c2nc3cc(NC(=S)NC(=O)c4ccc(N5CCCC5)c([N+](=O)[O-])c4)ccc3o2)cc1Cl. The van der Waals surface area contributed by atoms with Gasteiger partial charge in [0.2, 0.25) is 5.89 Å². The molecule has 0 aliphatic carbocycles. The summed E-state index contributed by atoms with van der Waals surface area (Å²) in [4.78, 5) is 30.4. The maximum absolute atomic E-state index is 12.8. The van der Waals surface area contributed by atoms with Gasteiger partial charge in [-0.15, -0.1) is 0 Å². The van der Waals surface area contributed by atoms with Gasteiger partial charge in [-0.3, -0.25) is 20.2 Å². The summed E-state index contributed by atoms with van der Waals surface area (Å²) >= 11 is 11.5. The van der Waals surface area contributed by atoms with Crippen LogP contribution in [0.15, 0.2) is 59.0 Å². The minimum Gasteiger partial charge on any atom is -0.495 e. The van der Waals surface area contributed by atoms with Crippen LogP contribution in [-0.4, -0.2) is 41.1 Å². The minimum atomic E-state index is -0.556. The molecule has 3 aromatic carbocycles. The van der Waals surface area contributed by atoms with Crippen LogP contribution in [0.4, 0.5) is 17.1 Å². The number of nitrogens with zero attached hydrogens (tertiary/aromatic N) is 3. The molecule has 10 nitrogen and oxygen atoms in total. The number of nitrogens with one attached hydrogen (secondary N) is 2. The van der Waals surface area contributed by atoms with Crippen molar-refractivity contribution in [2.24, 2.45) is 0 Å². The molecule has 0 atom stereocenters. The lowest BCUT2D eigenvalue weighted by Gasteiger charge is -2.18. The summed E-state index contributed by atoms with van der Waals surface area (Å²) < 4.78 is 11.0. The Morgan fingerprint density at radius 2 is 1.95 bits per heavy atom. The van der Waals surface area contributed by atoms with E-state index in [2.05, 4.69) is 15.6 Å². The molecular weight excluding hydrogens is 530 g/mol. The van der Waals surface area contributed by atoms with E-state index in [0.717, 1.165) is 25.9 Å². The molecule has 4 aromatic rings. The third-order valence-electron chi connectivity index (χ3n) is 6.15. The fourth-order valence-electron chi connectivity index (χ4n) is 4.30. The van der Waals surface area contributed by atoms with Gasteiger partial charge in [-0.25, -0.2) is 4.98 Å². The van der Waals surface area contributed by atoms with Gasteiger partial charge in [0.05, 0.1) is 17.1 Å². The number of oxazole rings is 1. The molecule has 1 fully saturated rings. The lowest BCUT2D eigenvalue weighted by Crippen LogP contribution is -2.34. The Kier molecular flexibility index (Phi) is 7.12. The summed E-state index contributed by atoms with van der Waals surface area (Å²) in [6.45, 7) is 1.51. The highest BCUT2D eigenvalue weighted by molar-refractivity contribution is 7.80. The largest absolute Gasteiger partial charge is 0.495 e. The van der Waals surface area contributed by atoms with Gasteiger partial charge in [0.1, 0.15) is 17.0 Å². The molecule has 0 saturated carbocycles. The van der Waals surface area contributed by atoms with Crippen LogP contribution in [-0.2, 0) is 0 Å². The number of carbonyl (C=O) groups is 1. The number of halogens is 1. The molecule has 1 aromatic heterocycles. The highest BCUT2D eigenvalue weighted by Crippen LogP contribution is 2.33. The van der Waals surface area contributed by atoms with E-state index in [4.69, 9.17) is 33.0 Å². The number of hydrogen-bond donors (Lipinski definition) is 2. The van der Waals surface area contributed by atoms with Crippen LogP contribution in [0.1, 0.15) is 23.2 Å². The molecule has 1 amide bonds. The zero-order chi connectivity index (χ0) is 26.8. The van der Waals surface area contributed by atoms with Crippen LogP contribution in [0.25, 0.3) is 22.6 Å². The molecule has 2 N–H and O–H groups in total. The number of methoxy groups -OCH3 is 1. The predicted molar refractivity (Wildman–Crippen MR) is 149 cm³/mol. The topological polar surface area (TPSA) is 123 Å². The van der Waals surface area contributed by atoms with Crippen LogP contribution in [0.5, 0.6) is 5.75 Å². The molecule has 1 aliphatic heterocycles. The first kappa shape index (κ1) is 25.4. The van der Waals surface area contributed by atoms with E-state index in [-0.39, 0.29) is 16.4 Å². The molecule has 38 heavy (non-hydrogen) atoms. The Balaban J connectivity index is 1.28. The molecule has 1 aliphatic rings. The van der Waals surface area contributed by atoms with Gasteiger partial charge in [0.15, 0.2) is 10.7 Å². The van der Waals surface area contributed by atoms with Crippen molar-refractivity contribution >= 4 is 63.0 Å². The Hall–Kier alpha value is -4.22. The number of aromatic nitrogens is 1. The van der Waals surface area contributed by atoms with Gasteiger partial charge in [-0.2, -0.15) is 0 Å². The monoisotopic (exact) mass is 551 g/mol. The van der Waals surface area contributed by atoms with Crippen molar-refractivity contribution in [3.63, 3.8) is 0 Å². The average molecular weight is 552 g/mol. The number of hydrogen-bond acceptors (Lipinski definition) is 8. The second-order valence-electron chi connectivity index (χ2n) is 8.61. The minimum absolute atomic E-state index is 0.0336. The summed E-state index contributed by atoms with van der Waals surface area (Å²) in [6.07, 6.45) is 1.97. The van der Waals surface area contributed by atoms with E-state index >= 15 is 0 Å². The first-order valence-corrected chi connectivity index (χ1v) is 12.5. The summed E-state index contributed by atoms with van der Waals surface area (Å²) in [5, 5.41) is 17.6. The van der Waals surface area contributed by atoms with Crippen molar-refractivity contribution in [2.75, 3.05) is 30.4 Å². The first-order valence-electron chi connectivity index (χ1n) is 11.7. The molecule has 194 valence electrons. The van der Waals surface area contributed by atoms with Crippen molar-refractivity contribution in [3.8, 4) is 17.2 Å². The number of nitro benzene ring substituents is 1. The molecule has 5 rings (SSSR count). The van der Waals surface area contributed by atoms with Crippen molar-refractivity contribution in [1.29, 1.82) is 0 Å². The number of nitro groups is 1. The highest BCUT2D eigenvalue weighted by Gasteiger charge is 2.24. The van der Waals surface area contributed by atoms with Crippen molar-refractivity contribution in [1.82, 2.24) is 10.3 Å². The summed E-state index contributed by atoms with van der Waals surface area (Å²) in [5.74, 6) is 0.377. The number of anilines is 2. The molecule has 0 bridgehead atoms. The van der Waals surface area contributed by atoms with Crippen LogP contribution in [0, 0.1) is 10.1 Å². The van der Waals surface area contributed by atoms with E-state index in [9.17, 15) is 14.9 Å². The van der Waals surface area contributed by atoms with Crippen LogP contribution >= 0.6 is 23.8 Å². The number of amides is 1. The molecular formula is C26H22ClN5O5S. The van der Waals surface area contributed by atoms with E-state index in [0.29, 0.717) is 44.7 Å². The molecule has 0 spiro atoms. The lowest BCUT2D eigenvalue weighted by molar-refractivity contribution is -0.384. The van der Waals surface area contributed by atoms with E-state index in [1.54, 1.807) is 48.5 Å². The summed E-state index contributed by atoms with van der Waals surface area (Å²) in [7, 11) is 1.54. The molecule has 0 unspecified atom stereocenters. The van der Waals surface area contributed by atoms with Gasteiger partial charge >= 0.3 is 0 Å². The molecule has 1 saturated heterocycles.